The molecule has 0 aliphatic carbocycles. The summed E-state index contributed by atoms with van der Waals surface area (Å²) >= 11 is 3.37. The van der Waals surface area contributed by atoms with E-state index in [1.54, 1.807) is 42.5 Å². The molecule has 0 aromatic heterocycles. The fourth-order valence-electron chi connectivity index (χ4n) is 3.19. The Morgan fingerprint density at radius 3 is 2.29 bits per heavy atom. The van der Waals surface area contributed by atoms with Crippen LogP contribution in [0.1, 0.15) is 16.7 Å². The molecule has 0 bridgehead atoms. The number of amides is 1. The minimum absolute atomic E-state index is 0.0241. The number of carbonyl (C=O) groups excluding carboxylic acids is 1. The van der Waals surface area contributed by atoms with Crippen LogP contribution in [0.4, 0.5) is 0 Å². The lowest BCUT2D eigenvalue weighted by Gasteiger charge is -2.21. The molecule has 0 saturated heterocycles. The number of hydrogen-bond acceptors (Lipinski definition) is 6. The van der Waals surface area contributed by atoms with Crippen molar-refractivity contribution in [1.82, 2.24) is 9.73 Å². The van der Waals surface area contributed by atoms with E-state index in [2.05, 4.69) is 26.5 Å². The molecule has 10 heteroatoms. The zero-order valence-electron chi connectivity index (χ0n) is 19.6. The van der Waals surface area contributed by atoms with E-state index in [4.69, 9.17) is 9.47 Å². The molecule has 0 unspecified atom stereocenters. The van der Waals surface area contributed by atoms with Gasteiger partial charge in [-0.2, -0.15) is 9.41 Å². The third-order valence-electron chi connectivity index (χ3n) is 5.06. The first-order chi connectivity index (χ1) is 16.7. The molecule has 8 nitrogen and oxygen atoms in total. The van der Waals surface area contributed by atoms with Crippen LogP contribution in [-0.4, -0.2) is 45.6 Å². The summed E-state index contributed by atoms with van der Waals surface area (Å²) in [6.07, 6.45) is 1.44. The highest BCUT2D eigenvalue weighted by molar-refractivity contribution is 9.10. The number of hydrogen-bond donors (Lipinski definition) is 1. The molecule has 184 valence electrons. The van der Waals surface area contributed by atoms with Gasteiger partial charge in [-0.1, -0.05) is 45.8 Å². The highest BCUT2D eigenvalue weighted by Crippen LogP contribution is 2.27. The second kappa shape index (κ2) is 12.0. The molecule has 0 saturated carbocycles. The Hall–Kier alpha value is -3.21. The van der Waals surface area contributed by atoms with Crippen LogP contribution < -0.4 is 14.9 Å². The molecule has 1 amide bonds. The average molecular weight is 560 g/mol. The largest absolute Gasteiger partial charge is 0.493 e. The topological polar surface area (TPSA) is 97.3 Å². The second-order valence-corrected chi connectivity index (χ2v) is 10.5. The highest BCUT2D eigenvalue weighted by atomic mass is 79.9. The Morgan fingerprint density at radius 2 is 1.66 bits per heavy atom. The number of nitrogens with one attached hydrogen (secondary N) is 1. The van der Waals surface area contributed by atoms with Gasteiger partial charge in [-0.05, 0) is 60.5 Å². The smallest absolute Gasteiger partial charge is 0.255 e. The van der Waals surface area contributed by atoms with Crippen LogP contribution in [0, 0.1) is 6.92 Å². The maximum absolute atomic E-state index is 13.3. The van der Waals surface area contributed by atoms with Crippen LogP contribution in [0.5, 0.6) is 11.5 Å². The van der Waals surface area contributed by atoms with Crippen LogP contribution in [0.3, 0.4) is 0 Å². The number of methoxy groups -OCH3 is 2. The van der Waals surface area contributed by atoms with Gasteiger partial charge in [-0.15, -0.1) is 0 Å². The van der Waals surface area contributed by atoms with Crippen molar-refractivity contribution in [3.63, 3.8) is 0 Å². The predicted octanol–water partition coefficient (Wildman–Crippen LogP) is 4.12. The molecule has 0 fully saturated rings. The first-order valence-electron chi connectivity index (χ1n) is 10.6. The zero-order valence-corrected chi connectivity index (χ0v) is 22.0. The average Bonchev–Trinajstić information content (AvgIpc) is 2.85. The van der Waals surface area contributed by atoms with E-state index < -0.39 is 22.5 Å². The summed E-state index contributed by atoms with van der Waals surface area (Å²) in [7, 11) is -0.876. The lowest BCUT2D eigenvalue weighted by molar-refractivity contribution is -0.121. The number of aryl methyl sites for hydroxylation is 1. The van der Waals surface area contributed by atoms with Crippen molar-refractivity contribution in [2.75, 3.05) is 20.8 Å². The summed E-state index contributed by atoms with van der Waals surface area (Å²) in [6, 6.07) is 18.9. The number of sulfonamides is 1. The molecular formula is C25H26BrN3O5S. The number of nitrogens with zero attached hydrogens (tertiary/aromatic N) is 2. The van der Waals surface area contributed by atoms with Gasteiger partial charge in [-0.25, -0.2) is 13.8 Å². The molecule has 3 rings (SSSR count). The number of hydrazone groups is 1. The predicted molar refractivity (Wildman–Crippen MR) is 138 cm³/mol. The minimum Gasteiger partial charge on any atom is -0.493 e. The Kier molecular flexibility index (Phi) is 9.02. The van der Waals surface area contributed by atoms with Crippen LogP contribution >= 0.6 is 15.9 Å². The van der Waals surface area contributed by atoms with E-state index in [1.165, 1.54) is 32.6 Å². The maximum Gasteiger partial charge on any atom is 0.255 e. The summed E-state index contributed by atoms with van der Waals surface area (Å²) in [6.45, 7) is 1.49. The molecule has 0 heterocycles. The van der Waals surface area contributed by atoms with E-state index >= 15 is 0 Å². The Morgan fingerprint density at radius 1 is 1.00 bits per heavy atom. The molecule has 3 aromatic rings. The summed E-state index contributed by atoms with van der Waals surface area (Å²) < 4.78 is 39.2. The van der Waals surface area contributed by atoms with E-state index in [0.717, 1.165) is 19.9 Å². The Bertz CT molecular complexity index is 1290. The Balaban J connectivity index is 1.77. The van der Waals surface area contributed by atoms with Crippen molar-refractivity contribution < 1.29 is 22.7 Å². The van der Waals surface area contributed by atoms with E-state index in [0.29, 0.717) is 17.1 Å². The van der Waals surface area contributed by atoms with Gasteiger partial charge in [-0.3, -0.25) is 4.79 Å². The van der Waals surface area contributed by atoms with Gasteiger partial charge in [0, 0.05) is 11.0 Å². The lowest BCUT2D eigenvalue weighted by Crippen LogP contribution is -2.39. The van der Waals surface area contributed by atoms with Crippen molar-refractivity contribution in [2.24, 2.45) is 5.10 Å². The summed E-state index contributed by atoms with van der Waals surface area (Å²) in [5, 5.41) is 3.96. The molecule has 0 aliphatic heterocycles. The number of benzene rings is 3. The third-order valence-corrected chi connectivity index (χ3v) is 7.40. The van der Waals surface area contributed by atoms with Gasteiger partial charge in [0.05, 0.1) is 31.9 Å². The van der Waals surface area contributed by atoms with Crippen LogP contribution in [0.25, 0.3) is 0 Å². The highest BCUT2D eigenvalue weighted by Gasteiger charge is 2.27. The van der Waals surface area contributed by atoms with Crippen molar-refractivity contribution >= 4 is 38.1 Å². The quantitative estimate of drug-likeness (QED) is 0.297. The van der Waals surface area contributed by atoms with Crippen molar-refractivity contribution in [1.29, 1.82) is 0 Å². The number of ether oxygens (including phenoxy) is 2. The zero-order chi connectivity index (χ0) is 25.4. The van der Waals surface area contributed by atoms with Crippen molar-refractivity contribution in [2.45, 2.75) is 18.4 Å². The van der Waals surface area contributed by atoms with Gasteiger partial charge in [0.25, 0.3) is 5.91 Å². The number of carbonyl (C=O) groups is 1. The monoisotopic (exact) mass is 559 g/mol. The fourth-order valence-corrected chi connectivity index (χ4v) is 4.83. The van der Waals surface area contributed by atoms with Gasteiger partial charge < -0.3 is 9.47 Å². The van der Waals surface area contributed by atoms with E-state index in [-0.39, 0.29) is 11.4 Å². The van der Waals surface area contributed by atoms with Crippen LogP contribution in [-0.2, 0) is 21.4 Å². The van der Waals surface area contributed by atoms with E-state index in [9.17, 15) is 13.2 Å². The molecule has 35 heavy (non-hydrogen) atoms. The third kappa shape index (κ3) is 7.14. The Labute approximate surface area is 213 Å². The van der Waals surface area contributed by atoms with Gasteiger partial charge in [0.1, 0.15) is 0 Å². The maximum atomic E-state index is 13.3. The molecule has 1 N–H and O–H groups in total. The molecule has 0 radical (unpaired) electrons. The summed E-state index contributed by atoms with van der Waals surface area (Å²) in [4.78, 5) is 12.8. The second-order valence-electron chi connectivity index (χ2n) is 7.62. The number of rotatable bonds is 10. The standard InChI is InChI=1S/C25H26BrN3O5S/c1-18-4-11-22(12-5-18)35(31,32)29(16-19-6-9-21(26)10-7-19)17-25(30)28-27-15-20-8-13-23(33-2)24(14-20)34-3/h4-15H,16-17H2,1-3H3,(H,28,30)/b27-15-. The van der Waals surface area contributed by atoms with Gasteiger partial charge >= 0.3 is 0 Å². The fraction of sp³-hybridized carbons (Fsp3) is 0.200. The SMILES string of the molecule is COc1ccc(/C=N\NC(=O)CN(Cc2ccc(Br)cc2)S(=O)(=O)c2ccc(C)cc2)cc1OC. The summed E-state index contributed by atoms with van der Waals surface area (Å²) in [5.74, 6) is 0.515. The van der Waals surface area contributed by atoms with Crippen LogP contribution in [0.2, 0.25) is 0 Å². The van der Waals surface area contributed by atoms with Crippen molar-refractivity contribution in [3.05, 3.63) is 87.9 Å². The number of halogens is 1. The molecular weight excluding hydrogens is 534 g/mol. The summed E-state index contributed by atoms with van der Waals surface area (Å²) in [5.41, 5.74) is 4.75. The van der Waals surface area contributed by atoms with E-state index in [1.807, 2.05) is 19.1 Å². The molecule has 0 spiro atoms. The van der Waals surface area contributed by atoms with Gasteiger partial charge in [0.2, 0.25) is 10.0 Å². The first-order valence-corrected chi connectivity index (χ1v) is 12.8. The molecule has 0 aliphatic rings. The minimum atomic E-state index is -3.94. The van der Waals surface area contributed by atoms with Crippen LogP contribution in [0.15, 0.2) is 81.2 Å². The molecule has 3 aromatic carbocycles. The first kappa shape index (κ1) is 26.4. The van der Waals surface area contributed by atoms with Gasteiger partial charge in [0.15, 0.2) is 11.5 Å². The lowest BCUT2D eigenvalue weighted by atomic mass is 10.2. The van der Waals surface area contributed by atoms with Crippen molar-refractivity contribution in [3.8, 4) is 11.5 Å². The molecule has 0 atom stereocenters. The normalized spacial score (nSPS) is 11.6.